The number of amides is 1. The summed E-state index contributed by atoms with van der Waals surface area (Å²) in [5, 5.41) is 16.1. The first kappa shape index (κ1) is 21.6. The average molecular weight is 441 g/mol. The van der Waals surface area contributed by atoms with E-state index in [1.165, 1.54) is 4.90 Å². The second-order valence-corrected chi connectivity index (χ2v) is 8.20. The molecule has 2 aromatic rings. The molecule has 2 atom stereocenters. The van der Waals surface area contributed by atoms with Crippen LogP contribution in [0.4, 0.5) is 17.5 Å². The number of anilines is 3. The summed E-state index contributed by atoms with van der Waals surface area (Å²) in [5.41, 5.74) is 13.6. The van der Waals surface area contributed by atoms with Gasteiger partial charge < -0.3 is 32.1 Å². The zero-order chi connectivity index (χ0) is 22.8. The maximum absolute atomic E-state index is 12.8. The van der Waals surface area contributed by atoms with E-state index in [4.69, 9.17) is 11.5 Å². The fraction of sp³-hybridized carbons (Fsp3) is 0.429. The van der Waals surface area contributed by atoms with Crippen LogP contribution in [0.5, 0.6) is 0 Å². The van der Waals surface area contributed by atoms with Gasteiger partial charge in [0.25, 0.3) is 11.5 Å². The molecule has 1 amide bonds. The van der Waals surface area contributed by atoms with Gasteiger partial charge in [-0.25, -0.2) is 4.79 Å². The van der Waals surface area contributed by atoms with E-state index in [0.29, 0.717) is 55.8 Å². The van der Waals surface area contributed by atoms with Crippen molar-refractivity contribution >= 4 is 29.3 Å². The topological polar surface area (TPSA) is 179 Å². The SMILES string of the molecule is NCCC[C@@H](C(=O)O)N1Cc2cc(NCC3CNc4nc(N)[nH]c(=O)c4C3)ccc2C1=O. The molecule has 0 spiro atoms. The number of carboxylic acids is 1. The van der Waals surface area contributed by atoms with Crippen molar-refractivity contribution < 1.29 is 14.7 Å². The van der Waals surface area contributed by atoms with Crippen molar-refractivity contribution in [3.05, 3.63) is 45.2 Å². The van der Waals surface area contributed by atoms with E-state index >= 15 is 0 Å². The van der Waals surface area contributed by atoms with Gasteiger partial charge >= 0.3 is 5.97 Å². The summed E-state index contributed by atoms with van der Waals surface area (Å²) >= 11 is 0. The van der Waals surface area contributed by atoms with Crippen molar-refractivity contribution in [3.63, 3.8) is 0 Å². The Bertz CT molecular complexity index is 1100. The molecule has 1 unspecified atom stereocenters. The predicted molar refractivity (Wildman–Crippen MR) is 119 cm³/mol. The van der Waals surface area contributed by atoms with E-state index in [2.05, 4.69) is 20.6 Å². The van der Waals surface area contributed by atoms with Crippen LogP contribution in [-0.2, 0) is 17.8 Å². The van der Waals surface area contributed by atoms with Crippen molar-refractivity contribution in [1.29, 1.82) is 0 Å². The van der Waals surface area contributed by atoms with Crippen LogP contribution in [0.1, 0.15) is 34.3 Å². The lowest BCUT2D eigenvalue weighted by atomic mass is 9.96. The normalized spacial score (nSPS) is 18.0. The number of nitrogens with zero attached hydrogens (tertiary/aromatic N) is 2. The van der Waals surface area contributed by atoms with Crippen LogP contribution in [0.15, 0.2) is 23.0 Å². The standard InChI is InChI=1S/C21H27N7O4/c22-5-1-2-16(20(31)32)28-10-12-7-13(3-4-14(12)19(28)30)24-8-11-6-15-17(25-9-11)26-21(23)27-18(15)29/h3-4,7,11,16,24H,1-2,5-6,8-10,22H2,(H,31,32)(H4,23,25,26,27,29)/t11?,16-/m0/s1. The van der Waals surface area contributed by atoms with Crippen molar-refractivity contribution in [3.8, 4) is 0 Å². The van der Waals surface area contributed by atoms with Gasteiger partial charge in [-0.1, -0.05) is 0 Å². The number of aromatic nitrogens is 2. The van der Waals surface area contributed by atoms with Crippen LogP contribution < -0.4 is 27.7 Å². The number of H-pyrrole nitrogens is 1. The van der Waals surface area contributed by atoms with E-state index in [1.54, 1.807) is 6.07 Å². The molecule has 0 saturated carbocycles. The second kappa shape index (κ2) is 8.87. The Labute approximate surface area is 184 Å². The number of nitrogen functional groups attached to an aromatic ring is 1. The molecule has 11 nitrogen and oxygen atoms in total. The highest BCUT2D eigenvalue weighted by Gasteiger charge is 2.36. The Morgan fingerprint density at radius 1 is 1.38 bits per heavy atom. The van der Waals surface area contributed by atoms with Gasteiger partial charge in [0, 0.05) is 30.9 Å². The summed E-state index contributed by atoms with van der Waals surface area (Å²) in [7, 11) is 0. The first-order chi connectivity index (χ1) is 15.4. The van der Waals surface area contributed by atoms with Gasteiger partial charge in [0.1, 0.15) is 11.9 Å². The van der Waals surface area contributed by atoms with Gasteiger partial charge in [0.15, 0.2) is 0 Å². The minimum atomic E-state index is -1.02. The Balaban J connectivity index is 1.41. The lowest BCUT2D eigenvalue weighted by Gasteiger charge is -2.25. The van der Waals surface area contributed by atoms with Gasteiger partial charge in [-0.05, 0) is 55.5 Å². The number of hydrogen-bond acceptors (Lipinski definition) is 8. The van der Waals surface area contributed by atoms with Crippen LogP contribution in [0, 0.1) is 5.92 Å². The molecule has 1 aromatic carbocycles. The fourth-order valence-electron chi connectivity index (χ4n) is 4.29. The number of carboxylic acid groups (broad SMARTS) is 1. The van der Waals surface area contributed by atoms with Gasteiger partial charge in [-0.3, -0.25) is 14.6 Å². The molecule has 11 heteroatoms. The summed E-state index contributed by atoms with van der Waals surface area (Å²) in [5.74, 6) is -0.508. The number of aromatic amines is 1. The molecule has 32 heavy (non-hydrogen) atoms. The van der Waals surface area contributed by atoms with E-state index in [1.807, 2.05) is 12.1 Å². The number of benzene rings is 1. The number of nitrogens with two attached hydrogens (primary N) is 2. The average Bonchev–Trinajstić information content (AvgIpc) is 3.08. The molecular formula is C21H27N7O4. The van der Waals surface area contributed by atoms with Crippen LogP contribution >= 0.6 is 0 Å². The highest BCUT2D eigenvalue weighted by Crippen LogP contribution is 2.29. The molecule has 0 fully saturated rings. The van der Waals surface area contributed by atoms with Crippen molar-refractivity contribution in [1.82, 2.24) is 14.9 Å². The molecule has 8 N–H and O–H groups in total. The van der Waals surface area contributed by atoms with Crippen LogP contribution in [-0.4, -0.2) is 57.5 Å². The molecule has 170 valence electrons. The molecule has 3 heterocycles. The first-order valence-corrected chi connectivity index (χ1v) is 10.6. The van der Waals surface area contributed by atoms with Gasteiger partial charge in [0.2, 0.25) is 5.95 Å². The third kappa shape index (κ3) is 4.24. The largest absolute Gasteiger partial charge is 0.480 e. The molecule has 0 bridgehead atoms. The third-order valence-corrected chi connectivity index (χ3v) is 5.96. The van der Waals surface area contributed by atoms with E-state index in [0.717, 1.165) is 11.3 Å². The van der Waals surface area contributed by atoms with Crippen molar-refractivity contribution in [2.75, 3.05) is 36.0 Å². The number of hydrogen-bond donors (Lipinski definition) is 6. The number of rotatable bonds is 8. The molecule has 0 aliphatic carbocycles. The molecule has 4 rings (SSSR count). The zero-order valence-corrected chi connectivity index (χ0v) is 17.6. The van der Waals surface area contributed by atoms with Gasteiger partial charge in [0.05, 0.1) is 5.56 Å². The van der Waals surface area contributed by atoms with E-state index in [-0.39, 0.29) is 29.9 Å². The number of carbonyl (C=O) groups is 2. The number of aliphatic carboxylic acids is 1. The highest BCUT2D eigenvalue weighted by atomic mass is 16.4. The number of nitrogens with one attached hydrogen (secondary N) is 3. The molecule has 0 saturated heterocycles. The second-order valence-electron chi connectivity index (χ2n) is 8.20. The summed E-state index contributed by atoms with van der Waals surface area (Å²) in [4.78, 5) is 44.6. The lowest BCUT2D eigenvalue weighted by molar-refractivity contribution is -0.142. The maximum Gasteiger partial charge on any atom is 0.326 e. The molecule has 1 aromatic heterocycles. The minimum Gasteiger partial charge on any atom is -0.480 e. The summed E-state index contributed by atoms with van der Waals surface area (Å²) in [6.45, 7) is 1.89. The zero-order valence-electron chi connectivity index (χ0n) is 17.6. The van der Waals surface area contributed by atoms with E-state index < -0.39 is 12.0 Å². The first-order valence-electron chi connectivity index (χ1n) is 10.6. The van der Waals surface area contributed by atoms with Crippen LogP contribution in [0.25, 0.3) is 0 Å². The van der Waals surface area contributed by atoms with Gasteiger partial charge in [-0.2, -0.15) is 4.98 Å². The predicted octanol–water partition coefficient (Wildman–Crippen LogP) is 0.196. The summed E-state index contributed by atoms with van der Waals surface area (Å²) < 4.78 is 0. The molecule has 2 aliphatic rings. The van der Waals surface area contributed by atoms with Crippen LogP contribution in [0.2, 0.25) is 0 Å². The Morgan fingerprint density at radius 2 is 2.19 bits per heavy atom. The third-order valence-electron chi connectivity index (χ3n) is 5.96. The van der Waals surface area contributed by atoms with Crippen LogP contribution in [0.3, 0.4) is 0 Å². The smallest absolute Gasteiger partial charge is 0.326 e. The van der Waals surface area contributed by atoms with Gasteiger partial charge in [-0.15, -0.1) is 0 Å². The highest BCUT2D eigenvalue weighted by molar-refractivity contribution is 6.00. The number of carbonyl (C=O) groups excluding carboxylic acids is 1. The maximum atomic E-state index is 12.8. The molecular weight excluding hydrogens is 414 g/mol. The monoisotopic (exact) mass is 441 g/mol. The molecule has 2 aliphatic heterocycles. The quantitative estimate of drug-likeness (QED) is 0.333. The number of fused-ring (bicyclic) bond motifs is 2. The minimum absolute atomic E-state index is 0.0905. The Kier molecular flexibility index (Phi) is 5.99. The lowest BCUT2D eigenvalue weighted by Crippen LogP contribution is -2.41. The summed E-state index contributed by atoms with van der Waals surface area (Å²) in [6, 6.07) is 4.54. The Hall–Kier alpha value is -3.60. The van der Waals surface area contributed by atoms with Crippen molar-refractivity contribution in [2.24, 2.45) is 11.7 Å². The summed E-state index contributed by atoms with van der Waals surface area (Å²) in [6.07, 6.45) is 1.43. The van der Waals surface area contributed by atoms with Crippen molar-refractivity contribution in [2.45, 2.75) is 31.8 Å². The molecule has 0 radical (unpaired) electrons. The van der Waals surface area contributed by atoms with E-state index in [9.17, 15) is 19.5 Å². The fourth-order valence-corrected chi connectivity index (χ4v) is 4.29. The Morgan fingerprint density at radius 3 is 2.94 bits per heavy atom.